The van der Waals surface area contributed by atoms with Crippen molar-refractivity contribution >= 4 is 32.9 Å². The number of ether oxygens (including phenoxy) is 1. The molecule has 6 heteroatoms. The molecule has 0 spiro atoms. The third-order valence-corrected chi connectivity index (χ3v) is 6.35. The molecule has 0 radical (unpaired) electrons. The smallest absolute Gasteiger partial charge is 0.186 e. The second-order valence-corrected chi connectivity index (χ2v) is 8.26. The molecule has 4 rings (SSSR count). The van der Waals surface area contributed by atoms with Gasteiger partial charge in [0, 0.05) is 13.1 Å². The first-order valence-corrected chi connectivity index (χ1v) is 11.1. The minimum atomic E-state index is 0.581. The van der Waals surface area contributed by atoms with Gasteiger partial charge < -0.3 is 14.5 Å². The minimum Gasteiger partial charge on any atom is -0.494 e. The third kappa shape index (κ3) is 5.26. The van der Waals surface area contributed by atoms with Gasteiger partial charge in [0.05, 0.1) is 23.0 Å². The van der Waals surface area contributed by atoms with Crippen molar-refractivity contribution in [2.45, 2.75) is 26.2 Å². The number of piperidine rings is 1. The van der Waals surface area contributed by atoms with Crippen molar-refractivity contribution in [3.8, 4) is 5.75 Å². The summed E-state index contributed by atoms with van der Waals surface area (Å²) in [6, 6.07) is 16.4. The van der Waals surface area contributed by atoms with Crippen molar-refractivity contribution in [1.82, 2.24) is 4.98 Å². The molecule has 1 aliphatic heterocycles. The number of benzene rings is 2. The quantitative estimate of drug-likeness (QED) is 0.372. The molecular formula is C23H27N3O2S. The standard InChI is InChI=1S/C23H27N3O2S/c1-2-28-24-17-19-7-9-20(10-8-19)27-16-13-18-11-14-26(15-12-18)23-25-21-5-3-4-6-22(21)29-23/h3-10,17-18H,2,11-16H2,1H3/b24-17+. The van der Waals surface area contributed by atoms with E-state index in [1.165, 1.54) is 17.5 Å². The van der Waals surface area contributed by atoms with Gasteiger partial charge in [0.25, 0.3) is 0 Å². The van der Waals surface area contributed by atoms with Crippen molar-refractivity contribution in [2.24, 2.45) is 11.1 Å². The Morgan fingerprint density at radius 2 is 1.93 bits per heavy atom. The van der Waals surface area contributed by atoms with Gasteiger partial charge in [-0.1, -0.05) is 28.6 Å². The molecule has 1 fully saturated rings. The summed E-state index contributed by atoms with van der Waals surface area (Å²) in [5, 5.41) is 5.04. The van der Waals surface area contributed by atoms with Crippen LogP contribution in [0.25, 0.3) is 10.2 Å². The first-order valence-electron chi connectivity index (χ1n) is 10.3. The van der Waals surface area contributed by atoms with Crippen molar-refractivity contribution < 1.29 is 9.57 Å². The first-order chi connectivity index (χ1) is 14.3. The van der Waals surface area contributed by atoms with Gasteiger partial charge in [-0.2, -0.15) is 0 Å². The highest BCUT2D eigenvalue weighted by atomic mass is 32.1. The molecule has 0 atom stereocenters. The van der Waals surface area contributed by atoms with E-state index in [1.54, 1.807) is 17.6 Å². The van der Waals surface area contributed by atoms with Crippen molar-refractivity contribution in [3.63, 3.8) is 0 Å². The fourth-order valence-electron chi connectivity index (χ4n) is 3.57. The second-order valence-electron chi connectivity index (χ2n) is 7.25. The summed E-state index contributed by atoms with van der Waals surface area (Å²) in [5.74, 6) is 1.63. The summed E-state index contributed by atoms with van der Waals surface area (Å²) in [5.41, 5.74) is 2.12. The SMILES string of the molecule is CCO/N=C/c1ccc(OCCC2CCN(c3nc4ccccc4s3)CC2)cc1. The van der Waals surface area contributed by atoms with Crippen molar-refractivity contribution in [1.29, 1.82) is 0 Å². The molecule has 0 unspecified atom stereocenters. The van der Waals surface area contributed by atoms with E-state index < -0.39 is 0 Å². The van der Waals surface area contributed by atoms with Crippen molar-refractivity contribution in [3.05, 3.63) is 54.1 Å². The Labute approximate surface area is 176 Å². The summed E-state index contributed by atoms with van der Waals surface area (Å²) in [6.45, 7) is 5.42. The van der Waals surface area contributed by atoms with Crippen LogP contribution in [0, 0.1) is 5.92 Å². The number of oxime groups is 1. The molecule has 0 saturated carbocycles. The number of aromatic nitrogens is 1. The molecule has 1 aromatic heterocycles. The summed E-state index contributed by atoms with van der Waals surface area (Å²) in [4.78, 5) is 12.2. The Bertz CT molecular complexity index is 898. The van der Waals surface area contributed by atoms with Crippen LogP contribution in [-0.2, 0) is 4.84 Å². The number of thiazole rings is 1. The monoisotopic (exact) mass is 409 g/mol. The van der Waals surface area contributed by atoms with E-state index in [2.05, 4.69) is 34.3 Å². The van der Waals surface area contributed by atoms with Gasteiger partial charge in [-0.15, -0.1) is 0 Å². The van der Waals surface area contributed by atoms with E-state index >= 15 is 0 Å². The van der Waals surface area contributed by atoms with Gasteiger partial charge in [-0.3, -0.25) is 0 Å². The second kappa shape index (κ2) is 9.74. The average Bonchev–Trinajstić information content (AvgIpc) is 3.20. The molecule has 0 amide bonds. The average molecular weight is 410 g/mol. The Morgan fingerprint density at radius 1 is 1.14 bits per heavy atom. The zero-order valence-electron chi connectivity index (χ0n) is 16.8. The largest absolute Gasteiger partial charge is 0.494 e. The molecule has 152 valence electrons. The highest BCUT2D eigenvalue weighted by molar-refractivity contribution is 7.22. The fraction of sp³-hybridized carbons (Fsp3) is 0.391. The van der Waals surface area contributed by atoms with Gasteiger partial charge in [0.1, 0.15) is 12.4 Å². The summed E-state index contributed by atoms with van der Waals surface area (Å²) < 4.78 is 7.21. The van der Waals surface area contributed by atoms with Crippen molar-refractivity contribution in [2.75, 3.05) is 31.2 Å². The van der Waals surface area contributed by atoms with Gasteiger partial charge in [0.2, 0.25) is 0 Å². The van der Waals surface area contributed by atoms with Gasteiger partial charge in [0.15, 0.2) is 5.13 Å². The number of hydrogen-bond acceptors (Lipinski definition) is 6. The molecule has 1 aliphatic rings. The molecule has 2 aromatic carbocycles. The van der Waals surface area contributed by atoms with Crippen LogP contribution in [0.5, 0.6) is 5.75 Å². The molecular weight excluding hydrogens is 382 g/mol. The number of nitrogens with zero attached hydrogens (tertiary/aromatic N) is 3. The number of hydrogen-bond donors (Lipinski definition) is 0. The third-order valence-electron chi connectivity index (χ3n) is 5.25. The first kappa shape index (κ1) is 19.7. The molecule has 1 saturated heterocycles. The summed E-state index contributed by atoms with van der Waals surface area (Å²) >= 11 is 1.80. The number of anilines is 1. The molecule has 29 heavy (non-hydrogen) atoms. The molecule has 5 nitrogen and oxygen atoms in total. The van der Waals surface area contributed by atoms with E-state index in [0.717, 1.165) is 54.0 Å². The van der Waals surface area contributed by atoms with Gasteiger partial charge >= 0.3 is 0 Å². The van der Waals surface area contributed by atoms with E-state index in [0.29, 0.717) is 6.61 Å². The Hall–Kier alpha value is -2.60. The lowest BCUT2D eigenvalue weighted by atomic mass is 9.94. The zero-order valence-corrected chi connectivity index (χ0v) is 17.6. The maximum absolute atomic E-state index is 5.94. The topological polar surface area (TPSA) is 47.0 Å². The van der Waals surface area contributed by atoms with Crippen LogP contribution in [0.1, 0.15) is 31.7 Å². The van der Waals surface area contributed by atoms with Crippen LogP contribution in [-0.4, -0.2) is 37.5 Å². The maximum Gasteiger partial charge on any atom is 0.186 e. The number of rotatable bonds is 8. The maximum atomic E-state index is 5.94. The minimum absolute atomic E-state index is 0.581. The predicted molar refractivity (Wildman–Crippen MR) is 120 cm³/mol. The van der Waals surface area contributed by atoms with Crippen LogP contribution in [0.15, 0.2) is 53.7 Å². The number of fused-ring (bicyclic) bond motifs is 1. The summed E-state index contributed by atoms with van der Waals surface area (Å²) in [7, 11) is 0. The Kier molecular flexibility index (Phi) is 6.62. The highest BCUT2D eigenvalue weighted by Crippen LogP contribution is 2.32. The molecule has 2 heterocycles. The lowest BCUT2D eigenvalue weighted by Crippen LogP contribution is -2.34. The zero-order chi connectivity index (χ0) is 19.9. The molecule has 0 N–H and O–H groups in total. The fourth-order valence-corrected chi connectivity index (χ4v) is 4.59. The lowest BCUT2D eigenvalue weighted by molar-refractivity contribution is 0.160. The predicted octanol–water partition coefficient (Wildman–Crippen LogP) is 5.35. The molecule has 0 aliphatic carbocycles. The molecule has 0 bridgehead atoms. The van der Waals surface area contributed by atoms with E-state index in [9.17, 15) is 0 Å². The highest BCUT2D eigenvalue weighted by Gasteiger charge is 2.21. The van der Waals surface area contributed by atoms with E-state index in [4.69, 9.17) is 14.6 Å². The van der Waals surface area contributed by atoms with Crippen LogP contribution in [0.4, 0.5) is 5.13 Å². The normalized spacial score (nSPS) is 15.3. The Balaban J connectivity index is 1.20. The van der Waals surface area contributed by atoms with Crippen LogP contribution in [0.3, 0.4) is 0 Å². The molecule has 3 aromatic rings. The van der Waals surface area contributed by atoms with E-state index in [1.807, 2.05) is 31.2 Å². The summed E-state index contributed by atoms with van der Waals surface area (Å²) in [6.07, 6.45) is 5.21. The van der Waals surface area contributed by atoms with Gasteiger partial charge in [-0.25, -0.2) is 4.98 Å². The van der Waals surface area contributed by atoms with Crippen LogP contribution in [0.2, 0.25) is 0 Å². The lowest BCUT2D eigenvalue weighted by Gasteiger charge is -2.31. The van der Waals surface area contributed by atoms with Gasteiger partial charge in [-0.05, 0) is 74.1 Å². The number of para-hydroxylation sites is 1. The van der Waals surface area contributed by atoms with Crippen LogP contribution < -0.4 is 9.64 Å². The Morgan fingerprint density at radius 3 is 2.69 bits per heavy atom. The van der Waals surface area contributed by atoms with E-state index in [-0.39, 0.29) is 0 Å². The van der Waals surface area contributed by atoms with Crippen LogP contribution >= 0.6 is 11.3 Å².